The molecule has 0 radical (unpaired) electrons. The molecular formula is C15H27NO. The molecule has 1 N–H and O–H groups in total. The summed E-state index contributed by atoms with van der Waals surface area (Å²) in [4.78, 5) is 0. The zero-order valence-corrected chi connectivity index (χ0v) is 11.2. The number of ether oxygens (including phenoxy) is 1. The Morgan fingerprint density at radius 3 is 2.41 bits per heavy atom. The largest absolute Gasteiger partial charge is 0.377 e. The van der Waals surface area contributed by atoms with Gasteiger partial charge in [0.2, 0.25) is 0 Å². The van der Waals surface area contributed by atoms with Crippen molar-refractivity contribution >= 4 is 0 Å². The first-order valence-corrected chi connectivity index (χ1v) is 7.61. The monoisotopic (exact) mass is 237 g/mol. The van der Waals surface area contributed by atoms with E-state index >= 15 is 0 Å². The zero-order valence-electron chi connectivity index (χ0n) is 11.2. The van der Waals surface area contributed by atoms with Crippen molar-refractivity contribution < 1.29 is 4.74 Å². The maximum absolute atomic E-state index is 5.71. The van der Waals surface area contributed by atoms with Crippen LogP contribution in [0.1, 0.15) is 57.8 Å². The van der Waals surface area contributed by atoms with E-state index in [4.69, 9.17) is 4.74 Å². The fourth-order valence-electron chi connectivity index (χ4n) is 3.84. The SMILES string of the molecule is COC1(CN[C@H]2CCCC[C@H]2C2CC2)CCC1. The molecule has 2 heteroatoms. The predicted octanol–water partition coefficient (Wildman–Crippen LogP) is 3.11. The third kappa shape index (κ3) is 2.53. The summed E-state index contributed by atoms with van der Waals surface area (Å²) in [5, 5.41) is 3.86. The Hall–Kier alpha value is -0.0800. The first-order chi connectivity index (χ1) is 8.33. The smallest absolute Gasteiger partial charge is 0.0802 e. The highest BCUT2D eigenvalue weighted by molar-refractivity contribution is 4.96. The third-order valence-corrected chi connectivity index (χ3v) is 5.43. The van der Waals surface area contributed by atoms with E-state index in [1.807, 2.05) is 7.11 Å². The van der Waals surface area contributed by atoms with Crippen LogP contribution in [0.15, 0.2) is 0 Å². The van der Waals surface area contributed by atoms with Crippen LogP contribution in [0.4, 0.5) is 0 Å². The third-order valence-electron chi connectivity index (χ3n) is 5.43. The molecule has 0 aromatic carbocycles. The molecule has 2 nitrogen and oxygen atoms in total. The molecule has 0 aliphatic heterocycles. The van der Waals surface area contributed by atoms with Crippen molar-refractivity contribution in [3.63, 3.8) is 0 Å². The number of methoxy groups -OCH3 is 1. The molecule has 0 unspecified atom stereocenters. The van der Waals surface area contributed by atoms with Crippen molar-refractivity contribution in [1.82, 2.24) is 5.32 Å². The molecule has 0 heterocycles. The Morgan fingerprint density at radius 2 is 1.82 bits per heavy atom. The van der Waals surface area contributed by atoms with Gasteiger partial charge < -0.3 is 10.1 Å². The first-order valence-electron chi connectivity index (χ1n) is 7.61. The summed E-state index contributed by atoms with van der Waals surface area (Å²) in [7, 11) is 1.89. The van der Waals surface area contributed by atoms with Crippen LogP contribution in [0, 0.1) is 11.8 Å². The molecule has 98 valence electrons. The van der Waals surface area contributed by atoms with Crippen LogP contribution in [0.2, 0.25) is 0 Å². The number of hydrogen-bond donors (Lipinski definition) is 1. The highest BCUT2D eigenvalue weighted by Gasteiger charge is 2.41. The Bertz CT molecular complexity index is 252. The molecule has 3 saturated carbocycles. The van der Waals surface area contributed by atoms with E-state index < -0.39 is 0 Å². The van der Waals surface area contributed by atoms with Crippen LogP contribution in [-0.2, 0) is 4.74 Å². The van der Waals surface area contributed by atoms with Gasteiger partial charge in [-0.1, -0.05) is 12.8 Å². The highest BCUT2D eigenvalue weighted by atomic mass is 16.5. The molecule has 3 aliphatic rings. The molecule has 0 spiro atoms. The van der Waals surface area contributed by atoms with E-state index in [1.54, 1.807) is 0 Å². The lowest BCUT2D eigenvalue weighted by molar-refractivity contribution is -0.0726. The van der Waals surface area contributed by atoms with Gasteiger partial charge >= 0.3 is 0 Å². The zero-order chi connectivity index (χ0) is 11.7. The van der Waals surface area contributed by atoms with Gasteiger partial charge in [0.25, 0.3) is 0 Å². The van der Waals surface area contributed by atoms with Crippen molar-refractivity contribution in [3.8, 4) is 0 Å². The quantitative estimate of drug-likeness (QED) is 0.793. The summed E-state index contributed by atoms with van der Waals surface area (Å²) in [5.41, 5.74) is 0.200. The maximum Gasteiger partial charge on any atom is 0.0802 e. The van der Waals surface area contributed by atoms with Crippen LogP contribution in [0.3, 0.4) is 0 Å². The van der Waals surface area contributed by atoms with Gasteiger partial charge in [0.1, 0.15) is 0 Å². The number of hydrogen-bond acceptors (Lipinski definition) is 2. The molecule has 0 aromatic heterocycles. The van der Waals surface area contributed by atoms with E-state index in [9.17, 15) is 0 Å². The van der Waals surface area contributed by atoms with Crippen molar-refractivity contribution in [2.45, 2.75) is 69.4 Å². The summed E-state index contributed by atoms with van der Waals surface area (Å²) in [6.45, 7) is 1.09. The van der Waals surface area contributed by atoms with Gasteiger partial charge in [0, 0.05) is 19.7 Å². The summed E-state index contributed by atoms with van der Waals surface area (Å²) >= 11 is 0. The summed E-state index contributed by atoms with van der Waals surface area (Å²) in [6, 6.07) is 0.795. The van der Waals surface area contributed by atoms with Gasteiger partial charge in [-0.25, -0.2) is 0 Å². The van der Waals surface area contributed by atoms with E-state index in [0.29, 0.717) is 0 Å². The van der Waals surface area contributed by atoms with E-state index in [0.717, 1.165) is 24.4 Å². The van der Waals surface area contributed by atoms with Gasteiger partial charge in [-0.05, 0) is 56.8 Å². The Morgan fingerprint density at radius 1 is 1.06 bits per heavy atom. The highest BCUT2D eigenvalue weighted by Crippen LogP contribution is 2.44. The van der Waals surface area contributed by atoms with E-state index in [-0.39, 0.29) is 5.60 Å². The van der Waals surface area contributed by atoms with Gasteiger partial charge in [0.15, 0.2) is 0 Å². The van der Waals surface area contributed by atoms with Gasteiger partial charge in [-0.3, -0.25) is 0 Å². The molecule has 17 heavy (non-hydrogen) atoms. The van der Waals surface area contributed by atoms with Gasteiger partial charge in [-0.2, -0.15) is 0 Å². The van der Waals surface area contributed by atoms with Crippen LogP contribution < -0.4 is 5.32 Å². The van der Waals surface area contributed by atoms with Gasteiger partial charge in [0.05, 0.1) is 5.60 Å². The summed E-state index contributed by atoms with van der Waals surface area (Å²) < 4.78 is 5.71. The molecule has 3 aliphatic carbocycles. The molecule has 0 aromatic rings. The maximum atomic E-state index is 5.71. The minimum Gasteiger partial charge on any atom is -0.377 e. The molecule has 0 amide bonds. The average molecular weight is 237 g/mol. The lowest BCUT2D eigenvalue weighted by atomic mass is 9.78. The normalized spacial score (nSPS) is 36.5. The van der Waals surface area contributed by atoms with E-state index in [1.165, 1.54) is 57.8 Å². The van der Waals surface area contributed by atoms with E-state index in [2.05, 4.69) is 5.32 Å². The van der Waals surface area contributed by atoms with Crippen LogP contribution in [0.5, 0.6) is 0 Å². The minimum atomic E-state index is 0.200. The second kappa shape index (κ2) is 4.89. The Labute approximate surface area is 105 Å². The summed E-state index contributed by atoms with van der Waals surface area (Å²) in [5.74, 6) is 2.05. The predicted molar refractivity (Wildman–Crippen MR) is 70.1 cm³/mol. The lowest BCUT2D eigenvalue weighted by Crippen LogP contribution is -2.52. The average Bonchev–Trinajstić information content (AvgIpc) is 3.13. The summed E-state index contributed by atoms with van der Waals surface area (Å²) in [6.07, 6.45) is 12.6. The molecule has 0 bridgehead atoms. The molecule has 2 atom stereocenters. The number of rotatable bonds is 5. The van der Waals surface area contributed by atoms with Crippen LogP contribution in [-0.4, -0.2) is 25.3 Å². The van der Waals surface area contributed by atoms with Gasteiger partial charge in [-0.15, -0.1) is 0 Å². The molecule has 3 fully saturated rings. The van der Waals surface area contributed by atoms with Crippen LogP contribution in [0.25, 0.3) is 0 Å². The second-order valence-corrected chi connectivity index (χ2v) is 6.51. The molecule has 0 saturated heterocycles. The Kier molecular flexibility index (Phi) is 3.45. The standard InChI is InChI=1S/C15H27NO/c1-17-15(9-4-10-15)11-16-14-6-3-2-5-13(14)12-7-8-12/h12-14,16H,2-11H2,1H3/t13-,14-/m0/s1. The van der Waals surface area contributed by atoms with Crippen molar-refractivity contribution in [3.05, 3.63) is 0 Å². The minimum absolute atomic E-state index is 0.200. The molecular weight excluding hydrogens is 210 g/mol. The molecule has 3 rings (SSSR count). The fraction of sp³-hybridized carbons (Fsp3) is 1.00. The van der Waals surface area contributed by atoms with Crippen LogP contribution >= 0.6 is 0 Å². The number of nitrogens with one attached hydrogen (secondary N) is 1. The fourth-order valence-corrected chi connectivity index (χ4v) is 3.84. The Balaban J connectivity index is 1.52. The second-order valence-electron chi connectivity index (χ2n) is 6.51. The lowest BCUT2D eigenvalue weighted by Gasteiger charge is -2.43. The van der Waals surface area contributed by atoms with Crippen molar-refractivity contribution in [1.29, 1.82) is 0 Å². The van der Waals surface area contributed by atoms with Crippen molar-refractivity contribution in [2.75, 3.05) is 13.7 Å². The first kappa shape index (κ1) is 12.0. The topological polar surface area (TPSA) is 21.3 Å². The van der Waals surface area contributed by atoms with Crippen molar-refractivity contribution in [2.24, 2.45) is 11.8 Å².